The second-order valence-corrected chi connectivity index (χ2v) is 2.41. The van der Waals surface area contributed by atoms with Gasteiger partial charge in [0.1, 0.15) is 0 Å². The molecular formula is C5H10IN. The minimum Gasteiger partial charge on any atom is -0.286 e. The van der Waals surface area contributed by atoms with Crippen LogP contribution in [0.1, 0.15) is 13.8 Å². The smallest absolute Gasteiger partial charge is 0.0595 e. The molecule has 42 valence electrons. The number of aliphatic imine (C=N–C) groups is 1. The highest BCUT2D eigenvalue weighted by molar-refractivity contribution is 14.1. The maximum absolute atomic E-state index is 4.03. The van der Waals surface area contributed by atoms with Gasteiger partial charge in [0, 0.05) is 6.54 Å². The van der Waals surface area contributed by atoms with Gasteiger partial charge in [0.2, 0.25) is 0 Å². The van der Waals surface area contributed by atoms with Gasteiger partial charge in [0.15, 0.2) is 0 Å². The van der Waals surface area contributed by atoms with Crippen molar-refractivity contribution in [3.05, 3.63) is 0 Å². The molecule has 0 rings (SSSR count). The zero-order chi connectivity index (χ0) is 5.70. The summed E-state index contributed by atoms with van der Waals surface area (Å²) in [5.74, 6) is 0.700. The average Bonchev–Trinajstić information content (AvgIpc) is 1.61. The second kappa shape index (κ2) is 4.56. The largest absolute Gasteiger partial charge is 0.286 e. The molecule has 0 aromatic rings. The van der Waals surface area contributed by atoms with Crippen LogP contribution < -0.4 is 0 Å². The first-order valence-electron chi connectivity index (χ1n) is 2.36. The van der Waals surface area contributed by atoms with Crippen molar-refractivity contribution in [1.82, 2.24) is 0 Å². The van der Waals surface area contributed by atoms with E-state index in [1.165, 1.54) is 0 Å². The van der Waals surface area contributed by atoms with E-state index in [-0.39, 0.29) is 0 Å². The third kappa shape index (κ3) is 6.40. The lowest BCUT2D eigenvalue weighted by molar-refractivity contribution is 0.668. The first kappa shape index (κ1) is 7.40. The summed E-state index contributed by atoms with van der Waals surface area (Å²) in [5, 5.41) is 0. The predicted octanol–water partition coefficient (Wildman–Crippen LogP) is 2.11. The normalized spacial score (nSPS) is 11.4. The van der Waals surface area contributed by atoms with Gasteiger partial charge in [-0.1, -0.05) is 13.8 Å². The highest BCUT2D eigenvalue weighted by Crippen LogP contribution is 1.90. The first-order valence-corrected chi connectivity index (χ1v) is 3.60. The van der Waals surface area contributed by atoms with Gasteiger partial charge >= 0.3 is 0 Å². The van der Waals surface area contributed by atoms with Gasteiger partial charge in [-0.15, -0.1) is 0 Å². The van der Waals surface area contributed by atoms with Crippen LogP contribution in [0, 0.1) is 5.92 Å². The second-order valence-electron chi connectivity index (χ2n) is 1.86. The molecule has 0 saturated heterocycles. The molecule has 0 heterocycles. The van der Waals surface area contributed by atoms with Gasteiger partial charge in [-0.05, 0) is 28.5 Å². The van der Waals surface area contributed by atoms with Gasteiger partial charge in [-0.3, -0.25) is 4.99 Å². The van der Waals surface area contributed by atoms with Crippen molar-refractivity contribution in [1.29, 1.82) is 0 Å². The lowest BCUT2D eigenvalue weighted by Crippen LogP contribution is -1.89. The fourth-order valence-corrected chi connectivity index (χ4v) is 0.478. The number of nitrogens with zero attached hydrogens (tertiary/aromatic N) is 1. The van der Waals surface area contributed by atoms with E-state index in [1.54, 1.807) is 0 Å². The van der Waals surface area contributed by atoms with Crippen molar-refractivity contribution >= 4 is 26.8 Å². The van der Waals surface area contributed by atoms with Crippen LogP contribution in [0.2, 0.25) is 0 Å². The van der Waals surface area contributed by atoms with E-state index < -0.39 is 0 Å². The van der Waals surface area contributed by atoms with Crippen molar-refractivity contribution in [2.75, 3.05) is 6.54 Å². The van der Waals surface area contributed by atoms with Crippen LogP contribution in [0.5, 0.6) is 0 Å². The maximum Gasteiger partial charge on any atom is 0.0595 e. The average molecular weight is 211 g/mol. The van der Waals surface area contributed by atoms with Crippen LogP contribution in [0.25, 0.3) is 0 Å². The molecule has 0 unspecified atom stereocenters. The van der Waals surface area contributed by atoms with Crippen LogP contribution in [0.4, 0.5) is 0 Å². The quantitative estimate of drug-likeness (QED) is 0.490. The molecule has 0 spiro atoms. The molecule has 0 fully saturated rings. The van der Waals surface area contributed by atoms with E-state index in [1.807, 2.05) is 4.22 Å². The summed E-state index contributed by atoms with van der Waals surface area (Å²) < 4.78 is 1.82. The van der Waals surface area contributed by atoms with Crippen LogP contribution in [-0.4, -0.2) is 10.8 Å². The summed E-state index contributed by atoms with van der Waals surface area (Å²) in [6, 6.07) is 0. The Morgan fingerprint density at radius 1 is 1.71 bits per heavy atom. The van der Waals surface area contributed by atoms with Gasteiger partial charge in [0.05, 0.1) is 4.22 Å². The van der Waals surface area contributed by atoms with Crippen molar-refractivity contribution in [3.8, 4) is 0 Å². The lowest BCUT2D eigenvalue weighted by Gasteiger charge is -1.93. The number of rotatable bonds is 2. The zero-order valence-electron chi connectivity index (χ0n) is 4.69. The molecule has 0 aromatic carbocycles. The standard InChI is InChI=1S/C5H10IN/c1-5(2)3-7-4-6/h4-5H,3H2,1-2H3. The maximum atomic E-state index is 4.03. The summed E-state index contributed by atoms with van der Waals surface area (Å²) in [5.41, 5.74) is 0. The van der Waals surface area contributed by atoms with Crippen LogP contribution >= 0.6 is 22.6 Å². The molecule has 1 nitrogen and oxygen atoms in total. The van der Waals surface area contributed by atoms with Gasteiger partial charge < -0.3 is 0 Å². The SMILES string of the molecule is CC(C)CN=CI. The zero-order valence-corrected chi connectivity index (χ0v) is 6.84. The third-order valence-corrected chi connectivity index (χ3v) is 0.933. The van der Waals surface area contributed by atoms with E-state index in [0.717, 1.165) is 6.54 Å². The lowest BCUT2D eigenvalue weighted by atomic mass is 10.2. The van der Waals surface area contributed by atoms with Gasteiger partial charge in [-0.25, -0.2) is 0 Å². The molecule has 0 aliphatic rings. The molecule has 0 N–H and O–H groups in total. The molecule has 0 aromatic heterocycles. The summed E-state index contributed by atoms with van der Waals surface area (Å²) in [7, 11) is 0. The Bertz CT molecular complexity index is 59.1. The monoisotopic (exact) mass is 211 g/mol. The third-order valence-electron chi connectivity index (χ3n) is 0.540. The van der Waals surface area contributed by atoms with Crippen LogP contribution in [-0.2, 0) is 0 Å². The van der Waals surface area contributed by atoms with Crippen molar-refractivity contribution < 1.29 is 0 Å². The molecule has 0 aliphatic heterocycles. The molecule has 0 bridgehead atoms. The Kier molecular flexibility index (Phi) is 4.82. The number of halogens is 1. The minimum absolute atomic E-state index is 0.700. The molecule has 0 radical (unpaired) electrons. The molecule has 7 heavy (non-hydrogen) atoms. The van der Waals surface area contributed by atoms with Gasteiger partial charge in [0.25, 0.3) is 0 Å². The van der Waals surface area contributed by atoms with Crippen molar-refractivity contribution in [2.24, 2.45) is 10.9 Å². The Balaban J connectivity index is 2.97. The highest BCUT2D eigenvalue weighted by Gasteiger charge is 1.84. The summed E-state index contributed by atoms with van der Waals surface area (Å²) >= 11 is 2.13. The van der Waals surface area contributed by atoms with Crippen molar-refractivity contribution in [2.45, 2.75) is 13.8 Å². The number of hydrogen-bond acceptors (Lipinski definition) is 1. The Hall–Kier alpha value is 0.400. The summed E-state index contributed by atoms with van der Waals surface area (Å²) in [4.78, 5) is 4.03. The molecule has 2 heteroatoms. The first-order chi connectivity index (χ1) is 3.27. The molecule has 0 atom stereocenters. The molecule has 0 amide bonds. The molecule has 0 aliphatic carbocycles. The van der Waals surface area contributed by atoms with E-state index in [4.69, 9.17) is 0 Å². The molecule has 0 saturated carbocycles. The Morgan fingerprint density at radius 2 is 2.29 bits per heavy atom. The van der Waals surface area contributed by atoms with Crippen molar-refractivity contribution in [3.63, 3.8) is 0 Å². The topological polar surface area (TPSA) is 12.4 Å². The molecular weight excluding hydrogens is 201 g/mol. The van der Waals surface area contributed by atoms with Crippen LogP contribution in [0.15, 0.2) is 4.99 Å². The highest BCUT2D eigenvalue weighted by atomic mass is 127. The fraction of sp³-hybridized carbons (Fsp3) is 0.800. The summed E-state index contributed by atoms with van der Waals surface area (Å²) in [6.07, 6.45) is 0. The number of hydrogen-bond donors (Lipinski definition) is 0. The minimum atomic E-state index is 0.700. The van der Waals surface area contributed by atoms with E-state index in [0.29, 0.717) is 5.92 Å². The predicted molar refractivity (Wildman–Crippen MR) is 42.2 cm³/mol. The summed E-state index contributed by atoms with van der Waals surface area (Å²) in [6.45, 7) is 5.27. The Morgan fingerprint density at radius 3 is 2.43 bits per heavy atom. The van der Waals surface area contributed by atoms with E-state index >= 15 is 0 Å². The van der Waals surface area contributed by atoms with Crippen LogP contribution in [0.3, 0.4) is 0 Å². The van der Waals surface area contributed by atoms with Gasteiger partial charge in [-0.2, -0.15) is 0 Å². The van der Waals surface area contributed by atoms with E-state index in [9.17, 15) is 0 Å². The Labute approximate surface area is 58.4 Å². The van der Waals surface area contributed by atoms with E-state index in [2.05, 4.69) is 41.4 Å². The fourth-order valence-electron chi connectivity index (χ4n) is 0.251.